The fourth-order valence-corrected chi connectivity index (χ4v) is 3.95. The van der Waals surface area contributed by atoms with E-state index >= 15 is 0 Å². The Labute approximate surface area is 143 Å². The number of carbonyl (C=O) groups excluding carboxylic acids is 2. The van der Waals surface area contributed by atoms with Gasteiger partial charge in [0, 0.05) is 26.2 Å². The number of fused-ring (bicyclic) bond motifs is 1. The molecular formula is C14H15ClFN3O4S. The average molecular weight is 376 g/mol. The van der Waals surface area contributed by atoms with E-state index in [2.05, 4.69) is 0 Å². The van der Waals surface area contributed by atoms with Crippen LogP contribution in [0.2, 0.25) is 5.02 Å². The second-order valence-corrected chi connectivity index (χ2v) is 8.13. The highest BCUT2D eigenvalue weighted by atomic mass is 35.5. The van der Waals surface area contributed by atoms with Crippen LogP contribution in [0.3, 0.4) is 0 Å². The summed E-state index contributed by atoms with van der Waals surface area (Å²) in [5, 5.41) is 0.0362. The van der Waals surface area contributed by atoms with E-state index in [1.807, 2.05) is 0 Å². The monoisotopic (exact) mass is 375 g/mol. The van der Waals surface area contributed by atoms with E-state index in [1.54, 1.807) is 4.90 Å². The minimum absolute atomic E-state index is 0.00639. The van der Waals surface area contributed by atoms with Gasteiger partial charge in [-0.1, -0.05) is 11.6 Å². The first-order chi connectivity index (χ1) is 11.2. The zero-order valence-corrected chi connectivity index (χ0v) is 14.4. The van der Waals surface area contributed by atoms with Crippen LogP contribution in [0.15, 0.2) is 12.1 Å². The zero-order valence-electron chi connectivity index (χ0n) is 12.8. The van der Waals surface area contributed by atoms with Gasteiger partial charge in [-0.05, 0) is 12.1 Å². The molecule has 1 aromatic carbocycles. The maximum Gasteiger partial charge on any atom is 0.300 e. The number of anilines is 1. The van der Waals surface area contributed by atoms with Crippen LogP contribution >= 0.6 is 11.6 Å². The highest BCUT2D eigenvalue weighted by Gasteiger charge is 2.41. The minimum atomic E-state index is -3.26. The number of sulfonamides is 1. The van der Waals surface area contributed by atoms with Crippen molar-refractivity contribution in [2.24, 2.45) is 0 Å². The number of Topliss-reactive ketones (excluding diaryl/α,β-unsaturated/α-hetero) is 1. The first-order valence-electron chi connectivity index (χ1n) is 7.22. The van der Waals surface area contributed by atoms with E-state index in [-0.39, 0.29) is 36.0 Å². The molecule has 0 atom stereocenters. The minimum Gasteiger partial charge on any atom is -0.288 e. The molecule has 0 saturated carbocycles. The topological polar surface area (TPSA) is 78.0 Å². The van der Waals surface area contributed by atoms with E-state index in [0.717, 1.165) is 17.2 Å². The van der Waals surface area contributed by atoms with E-state index in [4.69, 9.17) is 11.6 Å². The van der Waals surface area contributed by atoms with Gasteiger partial charge in [0.15, 0.2) is 0 Å². The Morgan fingerprint density at radius 2 is 1.79 bits per heavy atom. The Morgan fingerprint density at radius 3 is 2.38 bits per heavy atom. The zero-order chi connectivity index (χ0) is 17.6. The molecule has 2 aliphatic heterocycles. The van der Waals surface area contributed by atoms with Gasteiger partial charge in [-0.2, -0.15) is 4.31 Å². The summed E-state index contributed by atoms with van der Waals surface area (Å²) in [6, 6.07) is 2.36. The van der Waals surface area contributed by atoms with Gasteiger partial charge in [0.25, 0.3) is 5.78 Å². The quantitative estimate of drug-likeness (QED) is 0.721. The van der Waals surface area contributed by atoms with Crippen molar-refractivity contribution >= 4 is 39.0 Å². The molecule has 10 heteroatoms. The molecule has 24 heavy (non-hydrogen) atoms. The largest absolute Gasteiger partial charge is 0.300 e. The normalized spacial score (nSPS) is 19.9. The molecule has 1 saturated heterocycles. The number of carbonyl (C=O) groups is 2. The third-order valence-electron chi connectivity index (χ3n) is 4.16. The molecule has 2 heterocycles. The highest BCUT2D eigenvalue weighted by molar-refractivity contribution is 7.88. The standard InChI is InChI=1S/C14H15ClFN3O4S/c1-24(22,23)18-6-4-17(5-7-18)8-19-12-10(16)3-2-9(15)11(12)13(20)14(19)21/h2-3H,4-8H2,1H3. The smallest absolute Gasteiger partial charge is 0.288 e. The molecule has 130 valence electrons. The number of ketones is 1. The van der Waals surface area contributed by atoms with Crippen molar-refractivity contribution < 1.29 is 22.4 Å². The Kier molecular flexibility index (Phi) is 4.37. The maximum absolute atomic E-state index is 14.1. The summed E-state index contributed by atoms with van der Waals surface area (Å²) in [5.74, 6) is -2.35. The molecule has 1 fully saturated rings. The van der Waals surface area contributed by atoms with Gasteiger partial charge in [-0.15, -0.1) is 0 Å². The highest BCUT2D eigenvalue weighted by Crippen LogP contribution is 2.36. The molecule has 0 spiro atoms. The molecule has 0 aromatic heterocycles. The number of rotatable bonds is 3. The molecule has 3 rings (SSSR count). The van der Waals surface area contributed by atoms with Crippen LogP contribution in [0.5, 0.6) is 0 Å². The van der Waals surface area contributed by atoms with Crippen LogP contribution < -0.4 is 4.90 Å². The second-order valence-electron chi connectivity index (χ2n) is 5.74. The predicted octanol–water partition coefficient (Wildman–Crippen LogP) is 0.543. The fourth-order valence-electron chi connectivity index (χ4n) is 2.89. The van der Waals surface area contributed by atoms with Gasteiger partial charge >= 0.3 is 5.91 Å². The first-order valence-corrected chi connectivity index (χ1v) is 9.44. The van der Waals surface area contributed by atoms with Gasteiger partial charge in [-0.25, -0.2) is 12.8 Å². The van der Waals surface area contributed by atoms with Crippen molar-refractivity contribution in [1.29, 1.82) is 0 Å². The van der Waals surface area contributed by atoms with Gasteiger partial charge in [-0.3, -0.25) is 19.4 Å². The first kappa shape index (κ1) is 17.3. The van der Waals surface area contributed by atoms with Crippen molar-refractivity contribution in [3.8, 4) is 0 Å². The lowest BCUT2D eigenvalue weighted by Crippen LogP contribution is -2.52. The van der Waals surface area contributed by atoms with Crippen LogP contribution in [0.1, 0.15) is 10.4 Å². The number of nitrogens with zero attached hydrogens (tertiary/aromatic N) is 3. The van der Waals surface area contributed by atoms with Crippen molar-refractivity contribution in [3.05, 3.63) is 28.5 Å². The molecule has 0 aliphatic carbocycles. The van der Waals surface area contributed by atoms with Crippen molar-refractivity contribution in [2.45, 2.75) is 0 Å². The summed E-state index contributed by atoms with van der Waals surface area (Å²) in [7, 11) is -3.26. The lowest BCUT2D eigenvalue weighted by Gasteiger charge is -2.35. The summed E-state index contributed by atoms with van der Waals surface area (Å²) < 4.78 is 38.5. The lowest BCUT2D eigenvalue weighted by molar-refractivity contribution is -0.114. The van der Waals surface area contributed by atoms with Crippen LogP contribution in [0.4, 0.5) is 10.1 Å². The molecule has 7 nitrogen and oxygen atoms in total. The van der Waals surface area contributed by atoms with Crippen molar-refractivity contribution in [1.82, 2.24) is 9.21 Å². The van der Waals surface area contributed by atoms with Gasteiger partial charge in [0.1, 0.15) is 5.82 Å². The number of hydrogen-bond donors (Lipinski definition) is 0. The average Bonchev–Trinajstić information content (AvgIpc) is 2.77. The Balaban J connectivity index is 1.80. The van der Waals surface area contributed by atoms with Gasteiger partial charge < -0.3 is 0 Å². The van der Waals surface area contributed by atoms with Crippen LogP contribution in [-0.2, 0) is 14.8 Å². The van der Waals surface area contributed by atoms with Gasteiger partial charge in [0.2, 0.25) is 10.0 Å². The molecule has 1 amide bonds. The molecule has 0 radical (unpaired) electrons. The Morgan fingerprint density at radius 1 is 1.17 bits per heavy atom. The molecule has 0 bridgehead atoms. The summed E-state index contributed by atoms with van der Waals surface area (Å²) in [6.45, 7) is 1.32. The third-order valence-corrected chi connectivity index (χ3v) is 5.77. The number of hydrogen-bond acceptors (Lipinski definition) is 5. The number of amides is 1. The summed E-state index contributed by atoms with van der Waals surface area (Å²) in [4.78, 5) is 27.1. The molecular weight excluding hydrogens is 361 g/mol. The van der Waals surface area contributed by atoms with Gasteiger partial charge in [0.05, 0.1) is 29.2 Å². The lowest BCUT2D eigenvalue weighted by atomic mass is 10.1. The van der Waals surface area contributed by atoms with Crippen LogP contribution in [0, 0.1) is 5.82 Å². The van der Waals surface area contributed by atoms with Crippen molar-refractivity contribution in [3.63, 3.8) is 0 Å². The van der Waals surface area contributed by atoms with Crippen LogP contribution in [-0.4, -0.2) is 68.4 Å². The predicted molar refractivity (Wildman–Crippen MR) is 86.1 cm³/mol. The molecule has 0 unspecified atom stereocenters. The van der Waals surface area contributed by atoms with Crippen LogP contribution in [0.25, 0.3) is 0 Å². The number of piperazine rings is 1. The summed E-state index contributed by atoms with van der Waals surface area (Å²) in [5.41, 5.74) is -0.223. The molecule has 2 aliphatic rings. The van der Waals surface area contributed by atoms with Crippen molar-refractivity contribution in [2.75, 3.05) is 44.0 Å². The number of halogens is 2. The summed E-state index contributed by atoms with van der Waals surface area (Å²) >= 11 is 5.93. The SMILES string of the molecule is CS(=O)(=O)N1CCN(CN2C(=O)C(=O)c3c(Cl)ccc(F)c32)CC1. The third kappa shape index (κ3) is 2.92. The molecule has 0 N–H and O–H groups in total. The Bertz CT molecular complexity index is 822. The summed E-state index contributed by atoms with van der Waals surface area (Å²) in [6.07, 6.45) is 1.14. The van der Waals surface area contributed by atoms with E-state index in [9.17, 15) is 22.4 Å². The van der Waals surface area contributed by atoms with E-state index in [0.29, 0.717) is 13.1 Å². The van der Waals surface area contributed by atoms with E-state index in [1.165, 1.54) is 10.4 Å². The second kappa shape index (κ2) is 6.07. The molecule has 1 aromatic rings. The maximum atomic E-state index is 14.1. The number of benzene rings is 1. The fraction of sp³-hybridized carbons (Fsp3) is 0.429. The van der Waals surface area contributed by atoms with E-state index < -0.39 is 27.5 Å². The Hall–Kier alpha value is -1.55.